The van der Waals surface area contributed by atoms with Crippen molar-refractivity contribution in [2.24, 2.45) is 4.99 Å². The van der Waals surface area contributed by atoms with Gasteiger partial charge in [0, 0.05) is 18.3 Å². The molecule has 2 aromatic rings. The molecule has 0 aliphatic carbocycles. The Balaban J connectivity index is 2.46. The number of carbonyl (C=O) groups is 1. The maximum atomic E-state index is 12.4. The molecule has 2 rings (SSSR count). The Morgan fingerprint density at radius 1 is 1.35 bits per heavy atom. The first kappa shape index (κ1) is 14.1. The van der Waals surface area contributed by atoms with E-state index in [9.17, 15) is 14.9 Å². The van der Waals surface area contributed by atoms with Gasteiger partial charge in [-0.1, -0.05) is 17.4 Å². The Hall–Kier alpha value is -2.28. The van der Waals surface area contributed by atoms with Crippen LogP contribution in [0, 0.1) is 10.1 Å². The molecule has 0 bridgehead atoms. The molecule has 0 saturated carbocycles. The number of nitro groups is 1. The van der Waals surface area contributed by atoms with Gasteiger partial charge in [-0.15, -0.1) is 0 Å². The third-order valence-electron chi connectivity index (χ3n) is 2.43. The zero-order chi connectivity index (χ0) is 14.7. The van der Waals surface area contributed by atoms with Crippen molar-refractivity contribution in [2.45, 2.75) is 19.9 Å². The lowest BCUT2D eigenvalue weighted by Gasteiger charge is -2.05. The summed E-state index contributed by atoms with van der Waals surface area (Å²) in [5.41, 5.74) is 0.531. The second-order valence-electron chi connectivity index (χ2n) is 4.35. The van der Waals surface area contributed by atoms with Crippen LogP contribution in [0.1, 0.15) is 23.5 Å². The molecule has 0 fully saturated rings. The lowest BCUT2D eigenvalue weighted by atomic mass is 10.4. The van der Waals surface area contributed by atoms with Crippen LogP contribution in [0.15, 0.2) is 41.5 Å². The van der Waals surface area contributed by atoms with E-state index in [1.165, 1.54) is 16.7 Å². The van der Waals surface area contributed by atoms with E-state index in [2.05, 4.69) is 4.99 Å². The first-order valence-corrected chi connectivity index (χ1v) is 6.81. The number of nitrogens with zero attached hydrogens (tertiary/aromatic N) is 3. The van der Waals surface area contributed by atoms with Crippen LogP contribution < -0.4 is 5.49 Å². The summed E-state index contributed by atoms with van der Waals surface area (Å²) in [6.45, 7) is 3.83. The van der Waals surface area contributed by atoms with Crippen LogP contribution in [-0.4, -0.2) is 21.4 Å². The Bertz CT molecular complexity index is 715. The van der Waals surface area contributed by atoms with Crippen molar-refractivity contribution in [1.29, 1.82) is 0 Å². The third-order valence-corrected chi connectivity index (χ3v) is 3.46. The van der Waals surface area contributed by atoms with Gasteiger partial charge in [-0.3, -0.25) is 24.5 Å². The Morgan fingerprint density at radius 2 is 2.10 bits per heavy atom. The average Bonchev–Trinajstić information content (AvgIpc) is 2.87. The second kappa shape index (κ2) is 5.79. The monoisotopic (exact) mass is 291 g/mol. The molecule has 20 heavy (non-hydrogen) atoms. The summed E-state index contributed by atoms with van der Waals surface area (Å²) in [6, 6.07) is 8.10. The summed E-state index contributed by atoms with van der Waals surface area (Å²) in [4.78, 5) is 27.2. The molecule has 0 atom stereocenters. The number of hydrogen-bond acceptors (Lipinski definition) is 5. The summed E-state index contributed by atoms with van der Waals surface area (Å²) < 4.78 is 1.40. The highest BCUT2D eigenvalue weighted by atomic mass is 32.1. The average molecular weight is 291 g/mol. The molecule has 0 spiro atoms. The number of hydrogen-bond donors (Lipinski definition) is 0. The van der Waals surface area contributed by atoms with Crippen LogP contribution in [0.2, 0.25) is 0 Å². The van der Waals surface area contributed by atoms with Crippen molar-refractivity contribution in [3.8, 4) is 0 Å². The van der Waals surface area contributed by atoms with Gasteiger partial charge in [-0.05, 0) is 32.0 Å². The quantitative estimate of drug-likeness (QED) is 0.643. The molecule has 0 aromatic carbocycles. The lowest BCUT2D eigenvalue weighted by Crippen LogP contribution is -2.27. The zero-order valence-corrected chi connectivity index (χ0v) is 11.8. The molecule has 0 radical (unpaired) electrons. The van der Waals surface area contributed by atoms with E-state index in [0.717, 1.165) is 11.3 Å². The molecule has 0 amide bonds. The third kappa shape index (κ3) is 3.00. The van der Waals surface area contributed by atoms with Gasteiger partial charge in [0.1, 0.15) is 5.49 Å². The van der Waals surface area contributed by atoms with Crippen LogP contribution in [0.3, 0.4) is 0 Å². The van der Waals surface area contributed by atoms with Crippen molar-refractivity contribution in [2.75, 3.05) is 0 Å². The number of rotatable bonds is 3. The second-order valence-corrected chi connectivity index (χ2v) is 5.41. The first-order chi connectivity index (χ1) is 9.49. The normalized spacial score (nSPS) is 11.8. The van der Waals surface area contributed by atoms with E-state index in [1.807, 2.05) is 13.8 Å². The maximum Gasteiger partial charge on any atom is 0.324 e. The predicted molar refractivity (Wildman–Crippen MR) is 75.8 cm³/mol. The van der Waals surface area contributed by atoms with Crippen molar-refractivity contribution in [1.82, 2.24) is 4.57 Å². The molecule has 2 heterocycles. The van der Waals surface area contributed by atoms with Crippen molar-refractivity contribution >= 4 is 22.2 Å². The Morgan fingerprint density at radius 3 is 2.70 bits per heavy atom. The minimum absolute atomic E-state index is 0.0489. The predicted octanol–water partition coefficient (Wildman–Crippen LogP) is 2.46. The smallest absolute Gasteiger partial charge is 0.267 e. The largest absolute Gasteiger partial charge is 0.324 e. The van der Waals surface area contributed by atoms with E-state index in [4.69, 9.17) is 0 Å². The topological polar surface area (TPSA) is 77.5 Å². The summed E-state index contributed by atoms with van der Waals surface area (Å²) in [6.07, 6.45) is 1.61. The fourth-order valence-electron chi connectivity index (χ4n) is 1.64. The highest BCUT2D eigenvalue weighted by Crippen LogP contribution is 2.24. The van der Waals surface area contributed by atoms with Gasteiger partial charge in [0.2, 0.25) is 0 Å². The van der Waals surface area contributed by atoms with Crippen LogP contribution >= 0.6 is 11.3 Å². The molecule has 2 aromatic heterocycles. The van der Waals surface area contributed by atoms with Gasteiger partial charge in [-0.2, -0.15) is 0 Å². The molecule has 6 nitrogen and oxygen atoms in total. The van der Waals surface area contributed by atoms with Gasteiger partial charge >= 0.3 is 5.00 Å². The zero-order valence-electron chi connectivity index (χ0n) is 11.0. The summed E-state index contributed by atoms with van der Waals surface area (Å²) in [7, 11) is 0. The molecular weight excluding hydrogens is 278 g/mol. The van der Waals surface area contributed by atoms with Crippen molar-refractivity contribution < 1.29 is 9.72 Å². The molecule has 0 unspecified atom stereocenters. The molecular formula is C13H13N3O3S. The van der Waals surface area contributed by atoms with E-state index < -0.39 is 4.92 Å². The lowest BCUT2D eigenvalue weighted by molar-refractivity contribution is -0.380. The highest BCUT2D eigenvalue weighted by molar-refractivity contribution is 7.17. The summed E-state index contributed by atoms with van der Waals surface area (Å²) in [5.74, 6) is -0.317. The van der Waals surface area contributed by atoms with E-state index in [0.29, 0.717) is 10.4 Å². The SMILES string of the molecule is CC(C)N=c1ccccn1C(=O)c1ccc([N+](=O)[O-])s1. The number of pyridine rings is 1. The summed E-state index contributed by atoms with van der Waals surface area (Å²) >= 11 is 0.860. The number of aromatic nitrogens is 1. The van der Waals surface area contributed by atoms with Crippen LogP contribution in [0.4, 0.5) is 5.00 Å². The van der Waals surface area contributed by atoms with Crippen LogP contribution in [-0.2, 0) is 0 Å². The number of carbonyl (C=O) groups excluding carboxylic acids is 1. The first-order valence-electron chi connectivity index (χ1n) is 5.99. The maximum absolute atomic E-state index is 12.4. The molecule has 104 valence electrons. The Kier molecular flexibility index (Phi) is 4.09. The molecule has 0 saturated heterocycles. The van der Waals surface area contributed by atoms with Gasteiger partial charge in [0.05, 0.1) is 9.80 Å². The highest BCUT2D eigenvalue weighted by Gasteiger charge is 2.16. The molecule has 0 aliphatic heterocycles. The van der Waals surface area contributed by atoms with Gasteiger partial charge < -0.3 is 0 Å². The van der Waals surface area contributed by atoms with E-state index in [-0.39, 0.29) is 17.0 Å². The molecule has 0 N–H and O–H groups in total. The van der Waals surface area contributed by atoms with Gasteiger partial charge in [-0.25, -0.2) is 0 Å². The minimum Gasteiger partial charge on any atom is -0.267 e. The van der Waals surface area contributed by atoms with Crippen molar-refractivity contribution in [3.05, 3.63) is 57.0 Å². The van der Waals surface area contributed by atoms with E-state index >= 15 is 0 Å². The fraction of sp³-hybridized carbons (Fsp3) is 0.231. The molecule has 0 aliphatic rings. The Labute approximate surface area is 119 Å². The van der Waals surface area contributed by atoms with E-state index in [1.54, 1.807) is 24.4 Å². The van der Waals surface area contributed by atoms with Gasteiger partial charge in [0.15, 0.2) is 0 Å². The van der Waals surface area contributed by atoms with Crippen molar-refractivity contribution in [3.63, 3.8) is 0 Å². The van der Waals surface area contributed by atoms with Crippen LogP contribution in [0.25, 0.3) is 0 Å². The fourth-order valence-corrected chi connectivity index (χ4v) is 2.39. The van der Waals surface area contributed by atoms with Crippen LogP contribution in [0.5, 0.6) is 0 Å². The van der Waals surface area contributed by atoms with Gasteiger partial charge in [0.25, 0.3) is 5.91 Å². The minimum atomic E-state index is -0.503. The standard InChI is InChI=1S/C13H13N3O3S/c1-9(2)14-11-5-3-4-8-15(11)13(17)10-6-7-12(20-10)16(18)19/h3-9H,1-2H3. The summed E-state index contributed by atoms with van der Waals surface area (Å²) in [5, 5.41) is 10.6. The number of thiophene rings is 1. The molecule has 7 heteroatoms.